The maximum atomic E-state index is 12.0. The van der Waals surface area contributed by atoms with E-state index in [9.17, 15) is 4.79 Å². The van der Waals surface area contributed by atoms with Crippen molar-refractivity contribution in [2.45, 2.75) is 0 Å². The van der Waals surface area contributed by atoms with Gasteiger partial charge < -0.3 is 5.32 Å². The molecule has 8 heteroatoms. The van der Waals surface area contributed by atoms with Crippen LogP contribution >= 0.6 is 70.7 Å². The highest BCUT2D eigenvalue weighted by Crippen LogP contribution is 2.33. The zero-order valence-electron chi connectivity index (χ0n) is 8.51. The molecule has 2 rings (SSSR count). The van der Waals surface area contributed by atoms with E-state index in [1.807, 2.05) is 0 Å². The van der Waals surface area contributed by atoms with Crippen LogP contribution in [0.1, 0.15) is 9.67 Å². The summed E-state index contributed by atoms with van der Waals surface area (Å²) in [5, 5.41) is 2.96. The van der Waals surface area contributed by atoms with Gasteiger partial charge in [0, 0.05) is 15.1 Å². The van der Waals surface area contributed by atoms with Gasteiger partial charge in [-0.3, -0.25) is 4.79 Å². The predicted octanol–water partition coefficient (Wildman–Crippen LogP) is 5.34. The molecule has 2 aromatic heterocycles. The SMILES string of the molecule is O=C(Nc1cc(Br)cnc1Cl)c1cc(Br)c(Br)s1. The second-order valence-electron chi connectivity index (χ2n) is 3.18. The molecular formula is C10H4Br3ClN2OS. The third-order valence-corrected chi connectivity index (χ3v) is 5.91. The van der Waals surface area contributed by atoms with E-state index < -0.39 is 0 Å². The summed E-state index contributed by atoms with van der Waals surface area (Å²) in [6.07, 6.45) is 1.57. The van der Waals surface area contributed by atoms with E-state index in [1.54, 1.807) is 18.3 Å². The molecule has 3 nitrogen and oxygen atoms in total. The standard InChI is InChI=1S/C10H4Br3ClN2OS/c11-4-1-6(9(14)15-3-4)16-10(17)7-2-5(12)8(13)18-7/h1-3H,(H,16,17). The number of hydrogen-bond acceptors (Lipinski definition) is 3. The quantitative estimate of drug-likeness (QED) is 0.597. The summed E-state index contributed by atoms with van der Waals surface area (Å²) in [5.41, 5.74) is 0.469. The Morgan fingerprint density at radius 1 is 1.33 bits per heavy atom. The van der Waals surface area contributed by atoms with E-state index in [2.05, 4.69) is 58.1 Å². The van der Waals surface area contributed by atoms with Crippen molar-refractivity contribution < 1.29 is 4.79 Å². The molecule has 0 aliphatic rings. The van der Waals surface area contributed by atoms with Gasteiger partial charge in [-0.25, -0.2) is 4.98 Å². The van der Waals surface area contributed by atoms with Crippen LogP contribution in [0.3, 0.4) is 0 Å². The number of carbonyl (C=O) groups is 1. The normalized spacial score (nSPS) is 10.4. The number of anilines is 1. The molecule has 94 valence electrons. The molecule has 0 fully saturated rings. The minimum absolute atomic E-state index is 0.229. The highest BCUT2D eigenvalue weighted by atomic mass is 79.9. The molecule has 0 saturated carbocycles. The van der Waals surface area contributed by atoms with Crippen LogP contribution in [0.5, 0.6) is 0 Å². The fraction of sp³-hybridized carbons (Fsp3) is 0. The number of pyridine rings is 1. The maximum absolute atomic E-state index is 12.0. The van der Waals surface area contributed by atoms with Crippen molar-refractivity contribution >= 4 is 82.3 Å². The highest BCUT2D eigenvalue weighted by molar-refractivity contribution is 9.13. The molecular weight excluding hydrogens is 471 g/mol. The third-order valence-electron chi connectivity index (χ3n) is 1.92. The zero-order valence-corrected chi connectivity index (χ0v) is 14.8. The van der Waals surface area contributed by atoms with Crippen LogP contribution in [-0.2, 0) is 0 Å². The van der Waals surface area contributed by atoms with Gasteiger partial charge in [0.05, 0.1) is 14.4 Å². The van der Waals surface area contributed by atoms with Crippen LogP contribution in [0.4, 0.5) is 5.69 Å². The number of nitrogens with one attached hydrogen (secondary N) is 1. The van der Waals surface area contributed by atoms with Crippen molar-refractivity contribution in [2.24, 2.45) is 0 Å². The van der Waals surface area contributed by atoms with E-state index in [-0.39, 0.29) is 11.1 Å². The summed E-state index contributed by atoms with van der Waals surface area (Å²) >= 11 is 17.2. The van der Waals surface area contributed by atoms with E-state index in [0.717, 1.165) is 12.7 Å². The minimum Gasteiger partial charge on any atom is -0.319 e. The van der Waals surface area contributed by atoms with Gasteiger partial charge in [0.15, 0.2) is 5.15 Å². The molecule has 1 N–H and O–H groups in total. The molecule has 0 aliphatic carbocycles. The van der Waals surface area contributed by atoms with Crippen molar-refractivity contribution in [3.05, 3.63) is 41.1 Å². The van der Waals surface area contributed by atoms with Crippen molar-refractivity contribution in [3.63, 3.8) is 0 Å². The second kappa shape index (κ2) is 6.00. The largest absolute Gasteiger partial charge is 0.319 e. The Morgan fingerprint density at radius 3 is 2.67 bits per heavy atom. The van der Waals surface area contributed by atoms with Gasteiger partial charge in [0.1, 0.15) is 0 Å². The molecule has 0 radical (unpaired) electrons. The molecule has 0 aromatic carbocycles. The first kappa shape index (κ1) is 14.5. The fourth-order valence-corrected chi connectivity index (χ4v) is 3.57. The number of carbonyl (C=O) groups excluding carboxylic acids is 1. The molecule has 0 atom stereocenters. The topological polar surface area (TPSA) is 42.0 Å². The van der Waals surface area contributed by atoms with E-state index in [1.165, 1.54) is 11.3 Å². The lowest BCUT2D eigenvalue weighted by Gasteiger charge is -2.05. The molecule has 0 aliphatic heterocycles. The first-order valence-corrected chi connectivity index (χ1v) is 8.12. The number of amides is 1. The number of hydrogen-bond donors (Lipinski definition) is 1. The average Bonchev–Trinajstić information content (AvgIpc) is 2.64. The molecule has 1 amide bonds. The summed E-state index contributed by atoms with van der Waals surface area (Å²) in [6.45, 7) is 0. The van der Waals surface area contributed by atoms with Crippen molar-refractivity contribution in [1.29, 1.82) is 0 Å². The zero-order chi connectivity index (χ0) is 13.3. The lowest BCUT2D eigenvalue weighted by atomic mass is 10.4. The van der Waals surface area contributed by atoms with Crippen LogP contribution < -0.4 is 5.32 Å². The first-order valence-electron chi connectivity index (χ1n) is 4.54. The van der Waals surface area contributed by atoms with Crippen molar-refractivity contribution in [1.82, 2.24) is 4.98 Å². The lowest BCUT2D eigenvalue weighted by molar-refractivity contribution is 0.103. The van der Waals surface area contributed by atoms with Crippen LogP contribution in [0, 0.1) is 0 Å². The number of aromatic nitrogens is 1. The monoisotopic (exact) mass is 472 g/mol. The number of thiophene rings is 1. The van der Waals surface area contributed by atoms with Gasteiger partial charge in [-0.2, -0.15) is 0 Å². The summed E-state index contributed by atoms with van der Waals surface area (Å²) < 4.78 is 2.46. The minimum atomic E-state index is -0.229. The molecule has 0 unspecified atom stereocenters. The van der Waals surface area contributed by atoms with Crippen molar-refractivity contribution in [2.75, 3.05) is 5.32 Å². The summed E-state index contributed by atoms with van der Waals surface area (Å²) in [4.78, 5) is 16.5. The van der Waals surface area contributed by atoms with Crippen LogP contribution in [0.2, 0.25) is 5.15 Å². The summed E-state index contributed by atoms with van der Waals surface area (Å²) in [5.74, 6) is -0.229. The molecule has 0 spiro atoms. The Labute approximate surface area is 137 Å². The Balaban J connectivity index is 2.23. The lowest BCUT2D eigenvalue weighted by Crippen LogP contribution is -2.10. The van der Waals surface area contributed by atoms with E-state index >= 15 is 0 Å². The first-order chi connectivity index (χ1) is 8.47. The molecule has 0 bridgehead atoms. The maximum Gasteiger partial charge on any atom is 0.265 e. The van der Waals surface area contributed by atoms with Crippen LogP contribution in [0.15, 0.2) is 31.1 Å². The average molecular weight is 475 g/mol. The molecule has 2 heterocycles. The number of rotatable bonds is 2. The van der Waals surface area contributed by atoms with Crippen LogP contribution in [0.25, 0.3) is 0 Å². The molecule has 18 heavy (non-hydrogen) atoms. The summed E-state index contributed by atoms with van der Waals surface area (Å²) in [6, 6.07) is 3.44. The van der Waals surface area contributed by atoms with Gasteiger partial charge in [-0.05, 0) is 59.9 Å². The molecule has 0 saturated heterocycles. The van der Waals surface area contributed by atoms with Gasteiger partial charge in [-0.15, -0.1) is 11.3 Å². The Hall–Kier alpha value is 0.0500. The highest BCUT2D eigenvalue weighted by Gasteiger charge is 2.14. The van der Waals surface area contributed by atoms with Gasteiger partial charge in [0.25, 0.3) is 5.91 Å². The molecule has 2 aromatic rings. The van der Waals surface area contributed by atoms with Gasteiger partial charge >= 0.3 is 0 Å². The predicted molar refractivity (Wildman–Crippen MR) is 84.6 cm³/mol. The van der Waals surface area contributed by atoms with E-state index in [4.69, 9.17) is 11.6 Å². The number of nitrogens with zero attached hydrogens (tertiary/aromatic N) is 1. The van der Waals surface area contributed by atoms with E-state index in [0.29, 0.717) is 10.6 Å². The fourth-order valence-electron chi connectivity index (χ4n) is 1.15. The Bertz CT molecular complexity index is 598. The van der Waals surface area contributed by atoms with Crippen molar-refractivity contribution in [3.8, 4) is 0 Å². The second-order valence-corrected chi connectivity index (χ2v) is 7.68. The van der Waals surface area contributed by atoms with Gasteiger partial charge in [-0.1, -0.05) is 11.6 Å². The smallest absolute Gasteiger partial charge is 0.265 e. The summed E-state index contributed by atoms with van der Waals surface area (Å²) in [7, 11) is 0. The Morgan fingerprint density at radius 2 is 2.06 bits per heavy atom. The van der Waals surface area contributed by atoms with Crippen LogP contribution in [-0.4, -0.2) is 10.9 Å². The third kappa shape index (κ3) is 3.33. The Kier molecular flexibility index (Phi) is 4.82. The number of halogens is 4. The van der Waals surface area contributed by atoms with Gasteiger partial charge in [0.2, 0.25) is 0 Å².